The summed E-state index contributed by atoms with van der Waals surface area (Å²) in [6, 6.07) is 3.67. The highest BCUT2D eigenvalue weighted by Crippen LogP contribution is 2.36. The van der Waals surface area contributed by atoms with Crippen LogP contribution in [0.1, 0.15) is 65.6 Å². The third-order valence-corrected chi connectivity index (χ3v) is 7.46. The standard InChI is InChI=1S/C24H31FN6O2/c1-26-24(33)19-8-9-20(21(25)27-19)31-12-10-30(11-13-31)16-7-6-15(14-16)22-28-18-5-3-2-4-17(18)23(32)29-22/h8-9,15-16H,2-7,10-14H2,1H3,(H,26,33)(H,28,29,32). The Morgan fingerprint density at radius 3 is 2.67 bits per heavy atom. The van der Waals surface area contributed by atoms with Gasteiger partial charge in [0.25, 0.3) is 11.5 Å². The molecule has 1 saturated carbocycles. The average molecular weight is 455 g/mol. The minimum Gasteiger partial charge on any atom is -0.365 e. The van der Waals surface area contributed by atoms with Crippen LogP contribution in [0, 0.1) is 5.95 Å². The summed E-state index contributed by atoms with van der Waals surface area (Å²) in [4.78, 5) is 40.5. The number of fused-ring (bicyclic) bond motifs is 1. The molecule has 2 N–H and O–H groups in total. The normalized spacial score (nSPS) is 23.4. The van der Waals surface area contributed by atoms with Gasteiger partial charge in [-0.1, -0.05) is 0 Å². The largest absolute Gasteiger partial charge is 0.365 e. The van der Waals surface area contributed by atoms with Gasteiger partial charge in [0.1, 0.15) is 11.5 Å². The molecule has 0 radical (unpaired) electrons. The zero-order valence-corrected chi connectivity index (χ0v) is 19.1. The number of nitrogens with zero attached hydrogens (tertiary/aromatic N) is 4. The monoisotopic (exact) mass is 454 g/mol. The number of hydrogen-bond donors (Lipinski definition) is 2. The van der Waals surface area contributed by atoms with Crippen LogP contribution in [0.15, 0.2) is 16.9 Å². The van der Waals surface area contributed by atoms with E-state index in [1.807, 2.05) is 4.90 Å². The van der Waals surface area contributed by atoms with Crippen LogP contribution in [0.2, 0.25) is 0 Å². The molecule has 2 aliphatic carbocycles. The summed E-state index contributed by atoms with van der Waals surface area (Å²) in [6.07, 6.45) is 7.07. The molecule has 8 nitrogen and oxygen atoms in total. The molecule has 2 fully saturated rings. The van der Waals surface area contributed by atoms with Crippen LogP contribution in [0.3, 0.4) is 0 Å². The molecule has 0 bridgehead atoms. The minimum atomic E-state index is -0.604. The summed E-state index contributed by atoms with van der Waals surface area (Å²) in [5.41, 5.74) is 2.49. The minimum absolute atomic E-state index is 0.0600. The Bertz CT molecular complexity index is 1090. The van der Waals surface area contributed by atoms with Gasteiger partial charge in [-0.05, 0) is 57.1 Å². The predicted octanol–water partition coefficient (Wildman–Crippen LogP) is 2.00. The Morgan fingerprint density at radius 1 is 1.12 bits per heavy atom. The van der Waals surface area contributed by atoms with E-state index >= 15 is 0 Å². The maximum absolute atomic E-state index is 14.5. The molecule has 3 aliphatic rings. The number of piperazine rings is 1. The molecule has 2 unspecified atom stereocenters. The number of aromatic amines is 1. The number of halogens is 1. The van der Waals surface area contributed by atoms with Gasteiger partial charge in [0.05, 0.1) is 11.4 Å². The molecular formula is C24H31FN6O2. The van der Waals surface area contributed by atoms with Gasteiger partial charge >= 0.3 is 0 Å². The molecule has 0 spiro atoms. The predicted molar refractivity (Wildman–Crippen MR) is 123 cm³/mol. The van der Waals surface area contributed by atoms with Crippen LogP contribution in [0.4, 0.5) is 10.1 Å². The summed E-state index contributed by atoms with van der Waals surface area (Å²) < 4.78 is 14.5. The van der Waals surface area contributed by atoms with Crippen molar-refractivity contribution in [2.24, 2.45) is 0 Å². The smallest absolute Gasteiger partial charge is 0.269 e. The van der Waals surface area contributed by atoms with Gasteiger partial charge in [-0.3, -0.25) is 14.5 Å². The van der Waals surface area contributed by atoms with Gasteiger partial charge in [0.15, 0.2) is 0 Å². The second-order valence-corrected chi connectivity index (χ2v) is 9.36. The summed E-state index contributed by atoms with van der Waals surface area (Å²) in [5.74, 6) is 0.168. The number of anilines is 1. The maximum atomic E-state index is 14.5. The number of rotatable bonds is 4. The van der Waals surface area contributed by atoms with E-state index in [0.29, 0.717) is 30.7 Å². The van der Waals surface area contributed by atoms with E-state index in [1.165, 1.54) is 7.05 Å². The molecule has 33 heavy (non-hydrogen) atoms. The number of carbonyl (C=O) groups is 1. The topological polar surface area (TPSA) is 94.2 Å². The zero-order valence-electron chi connectivity index (χ0n) is 19.1. The van der Waals surface area contributed by atoms with Crippen LogP contribution in [-0.4, -0.2) is 65.0 Å². The van der Waals surface area contributed by atoms with Crippen LogP contribution in [0.25, 0.3) is 0 Å². The Labute approximate surface area is 192 Å². The first-order valence-electron chi connectivity index (χ1n) is 12.0. The van der Waals surface area contributed by atoms with Crippen LogP contribution >= 0.6 is 0 Å². The summed E-state index contributed by atoms with van der Waals surface area (Å²) >= 11 is 0. The van der Waals surface area contributed by atoms with Crippen molar-refractivity contribution in [2.75, 3.05) is 38.1 Å². The van der Waals surface area contributed by atoms with Gasteiger partial charge in [-0.15, -0.1) is 0 Å². The van der Waals surface area contributed by atoms with E-state index in [-0.39, 0.29) is 11.3 Å². The van der Waals surface area contributed by atoms with E-state index in [9.17, 15) is 14.0 Å². The van der Waals surface area contributed by atoms with E-state index in [0.717, 1.165) is 75.1 Å². The van der Waals surface area contributed by atoms with Crippen molar-refractivity contribution in [1.82, 2.24) is 25.2 Å². The van der Waals surface area contributed by atoms with Crippen molar-refractivity contribution in [3.8, 4) is 0 Å². The van der Waals surface area contributed by atoms with Crippen molar-refractivity contribution in [1.29, 1.82) is 0 Å². The Kier molecular flexibility index (Phi) is 6.14. The highest BCUT2D eigenvalue weighted by molar-refractivity contribution is 5.92. The number of amides is 1. The molecule has 2 aromatic rings. The molecule has 3 heterocycles. The molecular weight excluding hydrogens is 423 g/mol. The van der Waals surface area contributed by atoms with Crippen LogP contribution < -0.4 is 15.8 Å². The van der Waals surface area contributed by atoms with Gasteiger partial charge in [-0.25, -0.2) is 9.97 Å². The zero-order chi connectivity index (χ0) is 22.9. The highest BCUT2D eigenvalue weighted by Gasteiger charge is 2.34. The van der Waals surface area contributed by atoms with E-state index in [2.05, 4.69) is 20.2 Å². The van der Waals surface area contributed by atoms with E-state index in [1.54, 1.807) is 12.1 Å². The van der Waals surface area contributed by atoms with E-state index < -0.39 is 11.9 Å². The van der Waals surface area contributed by atoms with Gasteiger partial charge in [0, 0.05) is 50.7 Å². The fraction of sp³-hybridized carbons (Fsp3) is 0.583. The molecule has 2 aromatic heterocycles. The summed E-state index contributed by atoms with van der Waals surface area (Å²) in [5, 5.41) is 2.47. The lowest BCUT2D eigenvalue weighted by atomic mass is 9.96. The van der Waals surface area contributed by atoms with Crippen molar-refractivity contribution in [3.05, 3.63) is 51.2 Å². The number of aromatic nitrogens is 3. The Morgan fingerprint density at radius 2 is 1.91 bits per heavy atom. The molecule has 1 aliphatic heterocycles. The fourth-order valence-corrected chi connectivity index (χ4v) is 5.60. The molecule has 1 saturated heterocycles. The molecule has 0 aromatic carbocycles. The lowest BCUT2D eigenvalue weighted by molar-refractivity contribution is 0.0957. The fourth-order valence-electron chi connectivity index (χ4n) is 5.60. The first-order valence-corrected chi connectivity index (χ1v) is 12.0. The van der Waals surface area contributed by atoms with Crippen molar-refractivity contribution in [2.45, 2.75) is 56.9 Å². The number of pyridine rings is 1. The number of nitrogens with one attached hydrogen (secondary N) is 2. The molecule has 176 valence electrons. The van der Waals surface area contributed by atoms with Gasteiger partial charge < -0.3 is 15.2 Å². The number of carbonyl (C=O) groups excluding carboxylic acids is 1. The van der Waals surface area contributed by atoms with Crippen molar-refractivity contribution >= 4 is 11.6 Å². The van der Waals surface area contributed by atoms with Crippen molar-refractivity contribution < 1.29 is 9.18 Å². The number of hydrogen-bond acceptors (Lipinski definition) is 6. The molecule has 5 rings (SSSR count). The third kappa shape index (κ3) is 4.38. The molecule has 1 amide bonds. The average Bonchev–Trinajstić information content (AvgIpc) is 3.34. The van der Waals surface area contributed by atoms with Crippen molar-refractivity contribution in [3.63, 3.8) is 0 Å². The number of H-pyrrole nitrogens is 1. The lowest BCUT2D eigenvalue weighted by Crippen LogP contribution is -2.50. The highest BCUT2D eigenvalue weighted by atomic mass is 19.1. The first-order chi connectivity index (χ1) is 16.0. The van der Waals surface area contributed by atoms with E-state index in [4.69, 9.17) is 4.98 Å². The van der Waals surface area contributed by atoms with Gasteiger partial charge in [-0.2, -0.15) is 4.39 Å². The Balaban J connectivity index is 1.20. The SMILES string of the molecule is CNC(=O)c1ccc(N2CCN(C3CCC(c4nc5c(c(=O)[nH]4)CCCC5)C3)CC2)c(F)n1. The quantitative estimate of drug-likeness (QED) is 0.687. The second-order valence-electron chi connectivity index (χ2n) is 9.36. The number of aryl methyl sites for hydroxylation is 1. The van der Waals surface area contributed by atoms with Gasteiger partial charge in [0.2, 0.25) is 5.95 Å². The first kappa shape index (κ1) is 22.0. The molecule has 9 heteroatoms. The third-order valence-electron chi connectivity index (χ3n) is 7.46. The molecule has 2 atom stereocenters. The lowest BCUT2D eigenvalue weighted by Gasteiger charge is -2.39. The summed E-state index contributed by atoms with van der Waals surface area (Å²) in [6.45, 7) is 3.13. The Hall–Kier alpha value is -2.81. The van der Waals surface area contributed by atoms with Crippen LogP contribution in [-0.2, 0) is 12.8 Å². The van der Waals surface area contributed by atoms with Crippen LogP contribution in [0.5, 0.6) is 0 Å². The maximum Gasteiger partial charge on any atom is 0.269 e. The summed E-state index contributed by atoms with van der Waals surface area (Å²) in [7, 11) is 1.50. The second kappa shape index (κ2) is 9.21.